The van der Waals surface area contributed by atoms with Crippen LogP contribution in [0.4, 0.5) is 0 Å². The summed E-state index contributed by atoms with van der Waals surface area (Å²) in [5.41, 5.74) is 0. The van der Waals surface area contributed by atoms with Crippen LogP contribution in [0, 0.1) is 0 Å². The fourth-order valence-corrected chi connectivity index (χ4v) is 3.15. The summed E-state index contributed by atoms with van der Waals surface area (Å²) in [6, 6.07) is 0. The van der Waals surface area contributed by atoms with Crippen LogP contribution in [0.1, 0.15) is 12.8 Å². The quantitative estimate of drug-likeness (QED) is 0.561. The number of hydrogen-bond donors (Lipinski definition) is 0. The Morgan fingerprint density at radius 3 is 2.33 bits per heavy atom. The summed E-state index contributed by atoms with van der Waals surface area (Å²) in [5.74, 6) is 0.0310. The van der Waals surface area contributed by atoms with E-state index in [-0.39, 0.29) is 18.9 Å². The zero-order valence-corrected chi connectivity index (χ0v) is 14.1. The minimum Gasteiger partial charge on any atom is -0.385 e. The summed E-state index contributed by atoms with van der Waals surface area (Å²) in [6.07, 6.45) is 2.05. The van der Waals surface area contributed by atoms with E-state index in [0.29, 0.717) is 19.6 Å². The molecule has 0 unspecified atom stereocenters. The SMILES string of the molecule is COCCCN(CCC(=O)N1CCN(C)CC1)S(C)(=O)=O. The van der Waals surface area contributed by atoms with Crippen LogP contribution in [0.2, 0.25) is 0 Å². The molecule has 1 rings (SSSR count). The van der Waals surface area contributed by atoms with Crippen LogP contribution < -0.4 is 0 Å². The summed E-state index contributed by atoms with van der Waals surface area (Å²) in [4.78, 5) is 16.1. The van der Waals surface area contributed by atoms with Gasteiger partial charge in [0, 0.05) is 59.4 Å². The van der Waals surface area contributed by atoms with E-state index in [1.54, 1.807) is 7.11 Å². The van der Waals surface area contributed by atoms with Gasteiger partial charge in [-0.25, -0.2) is 12.7 Å². The Hall–Kier alpha value is -0.700. The first-order valence-corrected chi connectivity index (χ1v) is 9.10. The number of ether oxygens (including phenoxy) is 1. The third-order valence-electron chi connectivity index (χ3n) is 3.66. The molecule has 0 aromatic carbocycles. The second-order valence-electron chi connectivity index (χ2n) is 5.44. The zero-order valence-electron chi connectivity index (χ0n) is 13.2. The van der Waals surface area contributed by atoms with Gasteiger partial charge in [0.25, 0.3) is 0 Å². The summed E-state index contributed by atoms with van der Waals surface area (Å²) in [5, 5.41) is 0. The summed E-state index contributed by atoms with van der Waals surface area (Å²) < 4.78 is 29.7. The van der Waals surface area contributed by atoms with E-state index in [2.05, 4.69) is 4.90 Å². The van der Waals surface area contributed by atoms with Crippen molar-refractivity contribution in [1.29, 1.82) is 0 Å². The molecule has 0 N–H and O–H groups in total. The lowest BCUT2D eigenvalue weighted by atomic mass is 10.3. The van der Waals surface area contributed by atoms with Crippen LogP contribution in [-0.2, 0) is 19.6 Å². The molecule has 1 aliphatic heterocycles. The van der Waals surface area contributed by atoms with Crippen LogP contribution in [0.25, 0.3) is 0 Å². The molecule has 0 bridgehead atoms. The Bertz CT molecular complexity index is 419. The first-order chi connectivity index (χ1) is 9.84. The van der Waals surface area contributed by atoms with Crippen LogP contribution >= 0.6 is 0 Å². The number of methoxy groups -OCH3 is 1. The maximum Gasteiger partial charge on any atom is 0.223 e. The number of carbonyl (C=O) groups is 1. The van der Waals surface area contributed by atoms with Crippen molar-refractivity contribution in [2.24, 2.45) is 0 Å². The van der Waals surface area contributed by atoms with Crippen molar-refractivity contribution < 1.29 is 17.9 Å². The molecule has 0 aromatic rings. The van der Waals surface area contributed by atoms with Crippen molar-refractivity contribution in [3.63, 3.8) is 0 Å². The lowest BCUT2D eigenvalue weighted by molar-refractivity contribution is -0.132. The van der Waals surface area contributed by atoms with Gasteiger partial charge in [0.05, 0.1) is 6.26 Å². The molecule has 0 radical (unpaired) electrons. The van der Waals surface area contributed by atoms with Crippen molar-refractivity contribution >= 4 is 15.9 Å². The summed E-state index contributed by atoms with van der Waals surface area (Å²) >= 11 is 0. The predicted octanol–water partition coefficient (Wildman–Crippen LogP) is -0.551. The highest BCUT2D eigenvalue weighted by molar-refractivity contribution is 7.88. The minimum absolute atomic E-state index is 0.0310. The first-order valence-electron chi connectivity index (χ1n) is 7.25. The molecule has 1 heterocycles. The van der Waals surface area contributed by atoms with Crippen LogP contribution in [0.3, 0.4) is 0 Å². The highest BCUT2D eigenvalue weighted by Gasteiger charge is 2.22. The Morgan fingerprint density at radius 1 is 1.19 bits per heavy atom. The smallest absolute Gasteiger partial charge is 0.223 e. The van der Waals surface area contributed by atoms with Crippen molar-refractivity contribution in [3.8, 4) is 0 Å². The van der Waals surface area contributed by atoms with Gasteiger partial charge >= 0.3 is 0 Å². The van der Waals surface area contributed by atoms with Gasteiger partial charge in [0.15, 0.2) is 0 Å². The average Bonchev–Trinajstić information content (AvgIpc) is 2.41. The van der Waals surface area contributed by atoms with Gasteiger partial charge in [-0.05, 0) is 13.5 Å². The summed E-state index contributed by atoms with van der Waals surface area (Å²) in [7, 11) is 0.334. The van der Waals surface area contributed by atoms with Crippen molar-refractivity contribution in [1.82, 2.24) is 14.1 Å². The van der Waals surface area contributed by atoms with Gasteiger partial charge < -0.3 is 14.5 Å². The summed E-state index contributed by atoms with van der Waals surface area (Å²) in [6.45, 7) is 4.33. The molecule has 1 fully saturated rings. The molecule has 8 heteroatoms. The molecule has 1 amide bonds. The third kappa shape index (κ3) is 6.73. The molecule has 7 nitrogen and oxygen atoms in total. The number of hydrogen-bond acceptors (Lipinski definition) is 5. The van der Waals surface area contributed by atoms with Gasteiger partial charge in [-0.2, -0.15) is 0 Å². The van der Waals surface area contributed by atoms with Gasteiger partial charge in [-0.3, -0.25) is 4.79 Å². The van der Waals surface area contributed by atoms with Crippen LogP contribution in [0.5, 0.6) is 0 Å². The Kier molecular flexibility index (Phi) is 7.58. The number of sulfonamides is 1. The fraction of sp³-hybridized carbons (Fsp3) is 0.923. The van der Waals surface area contributed by atoms with E-state index >= 15 is 0 Å². The Balaban J connectivity index is 2.43. The number of piperazine rings is 1. The number of rotatable bonds is 8. The van der Waals surface area contributed by atoms with E-state index in [4.69, 9.17) is 4.74 Å². The van der Waals surface area contributed by atoms with Gasteiger partial charge in [0.1, 0.15) is 0 Å². The maximum absolute atomic E-state index is 12.1. The van der Waals surface area contributed by atoms with Crippen molar-refractivity contribution in [3.05, 3.63) is 0 Å². The molecular weight excluding hydrogens is 294 g/mol. The van der Waals surface area contributed by atoms with E-state index in [0.717, 1.165) is 26.2 Å². The molecular formula is C13H27N3O4S. The van der Waals surface area contributed by atoms with E-state index in [9.17, 15) is 13.2 Å². The van der Waals surface area contributed by atoms with Crippen LogP contribution in [0.15, 0.2) is 0 Å². The standard InChI is InChI=1S/C13H27N3O4S/c1-14-8-10-15(11-9-14)13(17)5-7-16(21(3,18)19)6-4-12-20-2/h4-12H2,1-3H3. The first kappa shape index (κ1) is 18.3. The normalized spacial score (nSPS) is 17.4. The minimum atomic E-state index is -3.28. The zero-order chi connectivity index (χ0) is 15.9. The predicted molar refractivity (Wildman–Crippen MR) is 81.6 cm³/mol. The van der Waals surface area contributed by atoms with Gasteiger partial charge in [0.2, 0.25) is 15.9 Å². The maximum atomic E-state index is 12.1. The number of nitrogens with zero attached hydrogens (tertiary/aromatic N) is 3. The van der Waals surface area contributed by atoms with Gasteiger partial charge in [-0.1, -0.05) is 0 Å². The Labute approximate surface area is 127 Å². The molecule has 1 saturated heterocycles. The lowest BCUT2D eigenvalue weighted by Gasteiger charge is -2.33. The number of likely N-dealkylation sites (N-methyl/N-ethyl adjacent to an activating group) is 1. The van der Waals surface area contributed by atoms with E-state index < -0.39 is 10.0 Å². The second kappa shape index (κ2) is 8.67. The topological polar surface area (TPSA) is 70.2 Å². The fourth-order valence-electron chi connectivity index (χ4n) is 2.26. The van der Waals surface area contributed by atoms with E-state index in [1.165, 1.54) is 10.6 Å². The lowest BCUT2D eigenvalue weighted by Crippen LogP contribution is -2.48. The van der Waals surface area contributed by atoms with Crippen molar-refractivity contribution in [2.75, 3.05) is 66.3 Å². The largest absolute Gasteiger partial charge is 0.385 e. The van der Waals surface area contributed by atoms with Crippen LogP contribution in [-0.4, -0.2) is 94.7 Å². The molecule has 21 heavy (non-hydrogen) atoms. The molecule has 0 spiro atoms. The molecule has 0 aromatic heterocycles. The highest BCUT2D eigenvalue weighted by atomic mass is 32.2. The Morgan fingerprint density at radius 2 is 1.81 bits per heavy atom. The third-order valence-corrected chi connectivity index (χ3v) is 4.96. The van der Waals surface area contributed by atoms with E-state index in [1.807, 2.05) is 11.9 Å². The number of amides is 1. The number of carbonyl (C=O) groups excluding carboxylic acids is 1. The monoisotopic (exact) mass is 321 g/mol. The highest BCUT2D eigenvalue weighted by Crippen LogP contribution is 2.06. The average molecular weight is 321 g/mol. The molecule has 1 aliphatic rings. The molecule has 0 atom stereocenters. The molecule has 124 valence electrons. The second-order valence-corrected chi connectivity index (χ2v) is 7.42. The molecule has 0 aliphatic carbocycles. The molecule has 0 saturated carbocycles. The van der Waals surface area contributed by atoms with Crippen molar-refractivity contribution in [2.45, 2.75) is 12.8 Å². The van der Waals surface area contributed by atoms with Gasteiger partial charge in [-0.15, -0.1) is 0 Å².